The number of aromatic nitrogens is 2. The lowest BCUT2D eigenvalue weighted by Crippen LogP contribution is -2.62. The number of carbonyl (C=O) groups excluding carboxylic acids is 3. The summed E-state index contributed by atoms with van der Waals surface area (Å²) in [5, 5.41) is 0.799. The minimum atomic E-state index is -1.25. The third-order valence-corrected chi connectivity index (χ3v) is 6.81. The van der Waals surface area contributed by atoms with Crippen LogP contribution < -0.4 is 10.4 Å². The van der Waals surface area contributed by atoms with Crippen molar-refractivity contribution in [2.75, 3.05) is 18.4 Å². The Morgan fingerprint density at radius 1 is 1.36 bits per heavy atom. The van der Waals surface area contributed by atoms with Gasteiger partial charge >= 0.3 is 5.97 Å². The van der Waals surface area contributed by atoms with Gasteiger partial charge in [-0.15, -0.1) is 0 Å². The topological polar surface area (TPSA) is 104 Å². The molecule has 1 aromatic rings. The molecule has 186 valence electrons. The van der Waals surface area contributed by atoms with E-state index >= 15 is 0 Å². The molecule has 1 aromatic heterocycles. The molecule has 8 nitrogen and oxygen atoms in total. The molecule has 33 heavy (non-hydrogen) atoms. The summed E-state index contributed by atoms with van der Waals surface area (Å²) >= 11 is 1.40. The molecular formula is C24H40N4O4S. The quantitative estimate of drug-likeness (QED) is 0.205. The number of hydrogen-bond acceptors (Lipinski definition) is 7. The number of nitrogens with zero attached hydrogens (tertiary/aromatic N) is 2. The molecule has 1 heterocycles. The maximum atomic E-state index is 13.1. The van der Waals surface area contributed by atoms with Gasteiger partial charge in [-0.2, -0.15) is 11.8 Å². The molecule has 0 bridgehead atoms. The fourth-order valence-electron chi connectivity index (χ4n) is 3.51. The summed E-state index contributed by atoms with van der Waals surface area (Å²) in [6, 6.07) is 0. The first-order valence-electron chi connectivity index (χ1n) is 11.6. The number of ketones is 1. The zero-order valence-corrected chi connectivity index (χ0v) is 21.7. The number of amides is 1. The Morgan fingerprint density at radius 2 is 2.09 bits per heavy atom. The van der Waals surface area contributed by atoms with Crippen molar-refractivity contribution in [1.82, 2.24) is 15.4 Å². The van der Waals surface area contributed by atoms with Crippen molar-refractivity contribution in [3.63, 3.8) is 0 Å². The van der Waals surface area contributed by atoms with Crippen LogP contribution in [0.4, 0.5) is 5.82 Å². The number of imidazole rings is 1. The third-order valence-electron chi connectivity index (χ3n) is 5.84. The average Bonchev–Trinajstić information content (AvgIpc) is 3.34. The summed E-state index contributed by atoms with van der Waals surface area (Å²) < 4.78 is 5.17. The molecular weight excluding hydrogens is 440 g/mol. The number of methoxy groups -OCH3 is 1. The van der Waals surface area contributed by atoms with E-state index in [0.29, 0.717) is 18.2 Å². The SMILES string of the molecule is CCCC[C@](CC(SC)C(=O)C=CCC[C@@H](C)CC)(NN(C(C)=O)c1cnc[nH]1)C(=O)OC. The van der Waals surface area contributed by atoms with E-state index in [1.54, 1.807) is 6.08 Å². The fraction of sp³-hybridized carbons (Fsp3) is 0.667. The van der Waals surface area contributed by atoms with Crippen LogP contribution in [0.1, 0.15) is 72.6 Å². The molecule has 0 radical (unpaired) electrons. The first kappa shape index (κ1) is 28.9. The number of rotatable bonds is 16. The van der Waals surface area contributed by atoms with Crippen molar-refractivity contribution in [2.45, 2.75) is 83.4 Å². The van der Waals surface area contributed by atoms with Gasteiger partial charge in [-0.1, -0.05) is 46.1 Å². The summed E-state index contributed by atoms with van der Waals surface area (Å²) in [6.45, 7) is 7.78. The van der Waals surface area contributed by atoms with Crippen LogP contribution in [0.25, 0.3) is 0 Å². The lowest BCUT2D eigenvalue weighted by Gasteiger charge is -2.38. The first-order valence-corrected chi connectivity index (χ1v) is 12.9. The molecule has 0 aromatic carbocycles. The van der Waals surface area contributed by atoms with E-state index in [4.69, 9.17) is 4.74 Å². The number of allylic oxidation sites excluding steroid dienone is 2. The van der Waals surface area contributed by atoms with Crippen LogP contribution in [0.5, 0.6) is 0 Å². The van der Waals surface area contributed by atoms with Gasteiger partial charge in [-0.05, 0) is 43.9 Å². The monoisotopic (exact) mass is 480 g/mol. The Bertz CT molecular complexity index is 769. The van der Waals surface area contributed by atoms with Gasteiger partial charge in [0.25, 0.3) is 0 Å². The molecule has 2 N–H and O–H groups in total. The summed E-state index contributed by atoms with van der Waals surface area (Å²) in [5.74, 6) is 0.153. The van der Waals surface area contributed by atoms with Crippen LogP contribution in [0, 0.1) is 5.92 Å². The van der Waals surface area contributed by atoms with E-state index in [1.807, 2.05) is 19.3 Å². The largest absolute Gasteiger partial charge is 0.468 e. The highest BCUT2D eigenvalue weighted by Crippen LogP contribution is 2.29. The van der Waals surface area contributed by atoms with Gasteiger partial charge in [0, 0.05) is 6.92 Å². The molecule has 0 aliphatic heterocycles. The van der Waals surface area contributed by atoms with Crippen molar-refractivity contribution in [1.29, 1.82) is 0 Å². The van der Waals surface area contributed by atoms with Crippen molar-refractivity contribution in [3.8, 4) is 0 Å². The summed E-state index contributed by atoms with van der Waals surface area (Å²) in [4.78, 5) is 45.4. The average molecular weight is 481 g/mol. The number of unbranched alkanes of at least 4 members (excludes halogenated alkanes) is 1. The van der Waals surface area contributed by atoms with Crippen LogP contribution in [-0.4, -0.2) is 51.8 Å². The predicted octanol–water partition coefficient (Wildman–Crippen LogP) is 4.44. The van der Waals surface area contributed by atoms with Gasteiger partial charge in [0.1, 0.15) is 11.4 Å². The number of esters is 1. The number of H-pyrrole nitrogens is 1. The van der Waals surface area contributed by atoms with Gasteiger partial charge in [0.2, 0.25) is 5.91 Å². The number of hydrogen-bond donors (Lipinski definition) is 2. The number of nitrogens with one attached hydrogen (secondary N) is 2. The molecule has 9 heteroatoms. The lowest BCUT2D eigenvalue weighted by atomic mass is 9.87. The van der Waals surface area contributed by atoms with E-state index in [1.165, 1.54) is 43.3 Å². The molecule has 1 rings (SSSR count). The highest BCUT2D eigenvalue weighted by atomic mass is 32.2. The minimum Gasteiger partial charge on any atom is -0.468 e. The van der Waals surface area contributed by atoms with Gasteiger partial charge in [0.15, 0.2) is 5.78 Å². The Balaban J connectivity index is 3.20. The maximum Gasteiger partial charge on any atom is 0.327 e. The number of hydrazine groups is 1. The van der Waals surface area contributed by atoms with Crippen LogP contribution in [-0.2, 0) is 19.1 Å². The molecule has 0 saturated carbocycles. The van der Waals surface area contributed by atoms with Crippen molar-refractivity contribution in [3.05, 3.63) is 24.7 Å². The van der Waals surface area contributed by atoms with E-state index in [0.717, 1.165) is 32.1 Å². The van der Waals surface area contributed by atoms with E-state index in [9.17, 15) is 14.4 Å². The van der Waals surface area contributed by atoms with Gasteiger partial charge in [0.05, 0.1) is 24.9 Å². The number of aromatic amines is 1. The molecule has 0 spiro atoms. The van der Waals surface area contributed by atoms with Crippen molar-refractivity contribution >= 4 is 35.2 Å². The fourth-order valence-corrected chi connectivity index (χ4v) is 4.27. The Hall–Kier alpha value is -2.13. The van der Waals surface area contributed by atoms with Gasteiger partial charge in [-0.3, -0.25) is 9.59 Å². The third kappa shape index (κ3) is 8.97. The summed E-state index contributed by atoms with van der Waals surface area (Å²) in [7, 11) is 1.32. The normalized spacial score (nSPS) is 15.1. The predicted molar refractivity (Wildman–Crippen MR) is 134 cm³/mol. The maximum absolute atomic E-state index is 13.1. The molecule has 0 aliphatic rings. The summed E-state index contributed by atoms with van der Waals surface area (Å²) in [6.07, 6.45) is 13.5. The molecule has 1 unspecified atom stereocenters. The number of ether oxygens (including phenoxy) is 1. The van der Waals surface area contributed by atoms with E-state index in [-0.39, 0.29) is 18.1 Å². The standard InChI is InChI=1S/C24H40N4O4S/c1-7-9-14-24(23(31)32-5,27-28(19(4)29)22-16-25-17-26-22)15-21(33-6)20(30)13-11-10-12-18(3)8-2/h11,13,16-18,21,27H,7-10,12,14-15H2,1-6H3,(H,25,26)/t18-,21?,24+/m0/s1. The number of anilines is 1. The lowest BCUT2D eigenvalue weighted by molar-refractivity contribution is -0.149. The Morgan fingerprint density at radius 3 is 2.61 bits per heavy atom. The second-order valence-electron chi connectivity index (χ2n) is 8.40. The Labute approximate surface area is 202 Å². The summed E-state index contributed by atoms with van der Waals surface area (Å²) in [5.41, 5.74) is 1.86. The molecule has 0 saturated heterocycles. The molecule has 3 atom stereocenters. The van der Waals surface area contributed by atoms with Crippen LogP contribution in [0.15, 0.2) is 24.7 Å². The van der Waals surface area contributed by atoms with E-state index < -0.39 is 16.8 Å². The smallest absolute Gasteiger partial charge is 0.327 e. The first-order chi connectivity index (χ1) is 15.7. The van der Waals surface area contributed by atoms with E-state index in [2.05, 4.69) is 29.2 Å². The van der Waals surface area contributed by atoms with Crippen LogP contribution >= 0.6 is 11.8 Å². The Kier molecular flexibility index (Phi) is 13.1. The number of thioether (sulfide) groups is 1. The van der Waals surface area contributed by atoms with Gasteiger partial charge < -0.3 is 9.72 Å². The highest BCUT2D eigenvalue weighted by Gasteiger charge is 2.44. The van der Waals surface area contributed by atoms with Crippen LogP contribution in [0.2, 0.25) is 0 Å². The molecule has 0 aliphatic carbocycles. The zero-order valence-electron chi connectivity index (χ0n) is 20.8. The molecule has 1 amide bonds. The zero-order chi connectivity index (χ0) is 24.9. The number of carbonyl (C=O) groups is 3. The second-order valence-corrected chi connectivity index (χ2v) is 9.44. The highest BCUT2D eigenvalue weighted by molar-refractivity contribution is 7.99. The second kappa shape index (κ2) is 14.9. The van der Waals surface area contributed by atoms with Crippen molar-refractivity contribution < 1.29 is 19.1 Å². The van der Waals surface area contributed by atoms with Crippen molar-refractivity contribution in [2.24, 2.45) is 5.92 Å². The molecule has 0 fully saturated rings. The van der Waals surface area contributed by atoms with Gasteiger partial charge in [-0.25, -0.2) is 20.2 Å². The minimum absolute atomic E-state index is 0.0471. The van der Waals surface area contributed by atoms with Crippen LogP contribution in [0.3, 0.4) is 0 Å².